The molecule has 0 spiro atoms. The van der Waals surface area contributed by atoms with Gasteiger partial charge in [0.05, 0.1) is 26.9 Å². The van der Waals surface area contributed by atoms with Gasteiger partial charge in [0.25, 0.3) is 0 Å². The lowest BCUT2D eigenvalue weighted by atomic mass is 9.98. The van der Waals surface area contributed by atoms with Crippen LogP contribution in [0.4, 0.5) is 0 Å². The van der Waals surface area contributed by atoms with Crippen molar-refractivity contribution in [2.24, 2.45) is 0 Å². The van der Waals surface area contributed by atoms with Gasteiger partial charge >= 0.3 is 0 Å². The van der Waals surface area contributed by atoms with E-state index in [0.717, 1.165) is 5.56 Å². The molecule has 198 valence electrons. The highest BCUT2D eigenvalue weighted by Crippen LogP contribution is 2.41. The lowest BCUT2D eigenvalue weighted by molar-refractivity contribution is -0.318. The Bertz CT molecular complexity index is 838. The minimum Gasteiger partial charge on any atom is -0.493 e. The molecule has 2 heterocycles. The summed E-state index contributed by atoms with van der Waals surface area (Å²) in [4.78, 5) is 0. The lowest BCUT2D eigenvalue weighted by Gasteiger charge is -2.42. The van der Waals surface area contributed by atoms with E-state index in [4.69, 9.17) is 28.4 Å². The summed E-state index contributed by atoms with van der Waals surface area (Å²) in [5, 5.41) is 61.2. The predicted molar refractivity (Wildman–Crippen MR) is 120 cm³/mol. The Morgan fingerprint density at radius 3 is 1.94 bits per heavy atom. The van der Waals surface area contributed by atoms with Crippen LogP contribution < -0.4 is 14.2 Å². The summed E-state index contributed by atoms with van der Waals surface area (Å²) in [7, 11) is 2.85. The molecule has 0 radical (unpaired) electrons. The quantitative estimate of drug-likeness (QED) is 0.250. The van der Waals surface area contributed by atoms with E-state index in [-0.39, 0.29) is 17.2 Å². The van der Waals surface area contributed by atoms with Crippen LogP contribution in [-0.4, -0.2) is 113 Å². The highest BCUT2D eigenvalue weighted by molar-refractivity contribution is 5.62. The average Bonchev–Trinajstić information content (AvgIpc) is 2.85. The molecule has 2 aliphatic rings. The van der Waals surface area contributed by atoms with Crippen LogP contribution in [0.2, 0.25) is 0 Å². The summed E-state index contributed by atoms with van der Waals surface area (Å²) in [6, 6.07) is 3.36. The molecule has 0 aromatic heterocycles. The Morgan fingerprint density at radius 2 is 1.37 bits per heavy atom. The standard InChI is InChI=1S/C23H34O12/c1-5-6-11-7-12(30-3)21(13(8-11)31-4)35-23-20(29)18(27)16(25)14(34-23)9-32-22-19(28)17(26)15(24)10(2)33-22/h5-8,10,14-20,22-29H,9H2,1-4H3. The molecule has 12 nitrogen and oxygen atoms in total. The number of ether oxygens (including phenoxy) is 6. The van der Waals surface area contributed by atoms with Crippen molar-refractivity contribution in [3.63, 3.8) is 0 Å². The van der Waals surface area contributed by atoms with E-state index in [9.17, 15) is 30.6 Å². The molecule has 0 bridgehead atoms. The first kappa shape index (κ1) is 27.6. The number of hydrogen-bond acceptors (Lipinski definition) is 12. The first-order chi connectivity index (χ1) is 16.6. The number of allylic oxidation sites excluding steroid dienone is 1. The largest absolute Gasteiger partial charge is 0.493 e. The van der Waals surface area contributed by atoms with E-state index in [1.54, 1.807) is 12.1 Å². The van der Waals surface area contributed by atoms with Gasteiger partial charge in [0, 0.05) is 0 Å². The van der Waals surface area contributed by atoms with Crippen LogP contribution in [0.3, 0.4) is 0 Å². The number of benzene rings is 1. The second kappa shape index (κ2) is 11.8. The van der Waals surface area contributed by atoms with Crippen molar-refractivity contribution in [1.29, 1.82) is 0 Å². The van der Waals surface area contributed by atoms with Crippen molar-refractivity contribution in [1.82, 2.24) is 0 Å². The summed E-state index contributed by atoms with van der Waals surface area (Å²) >= 11 is 0. The average molecular weight is 503 g/mol. The van der Waals surface area contributed by atoms with E-state index in [0.29, 0.717) is 0 Å². The number of methoxy groups -OCH3 is 2. The number of rotatable bonds is 8. The predicted octanol–water partition coefficient (Wildman–Crippen LogP) is -1.23. The Balaban J connectivity index is 1.76. The summed E-state index contributed by atoms with van der Waals surface area (Å²) in [5.41, 5.74) is 0.771. The fourth-order valence-corrected chi connectivity index (χ4v) is 3.91. The minimum atomic E-state index is -1.66. The Labute approximate surface area is 202 Å². The van der Waals surface area contributed by atoms with E-state index in [2.05, 4.69) is 0 Å². The summed E-state index contributed by atoms with van der Waals surface area (Å²) in [6.07, 6.45) is -10.4. The topological polar surface area (TPSA) is 177 Å². The summed E-state index contributed by atoms with van der Waals surface area (Å²) in [5.74, 6) is 0.663. The van der Waals surface area contributed by atoms with Crippen molar-refractivity contribution >= 4 is 6.08 Å². The Hall–Kier alpha value is -2.00. The molecular formula is C23H34O12. The van der Waals surface area contributed by atoms with Crippen molar-refractivity contribution in [2.75, 3.05) is 20.8 Å². The summed E-state index contributed by atoms with van der Waals surface area (Å²) < 4.78 is 33.1. The Kier molecular flexibility index (Phi) is 9.32. The third-order valence-electron chi connectivity index (χ3n) is 5.98. The maximum Gasteiger partial charge on any atom is 0.229 e. The molecule has 6 N–H and O–H groups in total. The molecule has 0 saturated carbocycles. The molecule has 1 aromatic rings. The van der Waals surface area contributed by atoms with Crippen molar-refractivity contribution < 1.29 is 59.1 Å². The van der Waals surface area contributed by atoms with E-state index in [1.807, 2.05) is 19.1 Å². The highest BCUT2D eigenvalue weighted by Gasteiger charge is 2.47. The maximum absolute atomic E-state index is 10.5. The van der Waals surface area contributed by atoms with Crippen LogP contribution in [0.5, 0.6) is 17.2 Å². The second-order valence-electron chi connectivity index (χ2n) is 8.40. The van der Waals surface area contributed by atoms with Crippen molar-refractivity contribution in [3.8, 4) is 17.2 Å². The third-order valence-corrected chi connectivity index (χ3v) is 5.98. The fraction of sp³-hybridized carbons (Fsp3) is 0.652. The number of aliphatic hydroxyl groups is 6. The van der Waals surface area contributed by atoms with E-state index < -0.39 is 68.0 Å². The molecular weight excluding hydrogens is 468 g/mol. The molecule has 1 aromatic carbocycles. The van der Waals surface area contributed by atoms with Gasteiger partial charge in [-0.3, -0.25) is 0 Å². The van der Waals surface area contributed by atoms with Gasteiger partial charge in [-0.15, -0.1) is 0 Å². The summed E-state index contributed by atoms with van der Waals surface area (Å²) in [6.45, 7) is 2.94. The number of aliphatic hydroxyl groups excluding tert-OH is 6. The van der Waals surface area contributed by atoms with Crippen LogP contribution in [0.1, 0.15) is 19.4 Å². The van der Waals surface area contributed by atoms with Crippen LogP contribution in [-0.2, 0) is 14.2 Å². The van der Waals surface area contributed by atoms with Gasteiger partial charge in [0.1, 0.15) is 42.7 Å². The number of hydrogen-bond donors (Lipinski definition) is 6. The zero-order chi connectivity index (χ0) is 25.9. The smallest absolute Gasteiger partial charge is 0.229 e. The molecule has 2 aliphatic heterocycles. The monoisotopic (exact) mass is 502 g/mol. The van der Waals surface area contributed by atoms with Gasteiger partial charge in [-0.25, -0.2) is 0 Å². The molecule has 2 saturated heterocycles. The van der Waals surface area contributed by atoms with E-state index >= 15 is 0 Å². The van der Waals surface area contributed by atoms with Crippen LogP contribution in [0, 0.1) is 0 Å². The first-order valence-corrected chi connectivity index (χ1v) is 11.2. The van der Waals surface area contributed by atoms with Gasteiger partial charge in [-0.1, -0.05) is 12.2 Å². The van der Waals surface area contributed by atoms with Crippen LogP contribution in [0.25, 0.3) is 6.08 Å². The molecule has 0 aliphatic carbocycles. The zero-order valence-corrected chi connectivity index (χ0v) is 19.9. The molecule has 12 heteroatoms. The molecule has 10 unspecified atom stereocenters. The highest BCUT2D eigenvalue weighted by atomic mass is 16.7. The minimum absolute atomic E-state index is 0.104. The van der Waals surface area contributed by atoms with Gasteiger partial charge in [0.2, 0.25) is 12.0 Å². The van der Waals surface area contributed by atoms with E-state index in [1.165, 1.54) is 21.1 Å². The van der Waals surface area contributed by atoms with Gasteiger partial charge < -0.3 is 59.1 Å². The fourth-order valence-electron chi connectivity index (χ4n) is 3.91. The normalized spacial score (nSPS) is 37.9. The zero-order valence-electron chi connectivity index (χ0n) is 19.9. The third kappa shape index (κ3) is 5.88. The second-order valence-corrected chi connectivity index (χ2v) is 8.40. The molecule has 35 heavy (non-hydrogen) atoms. The molecule has 0 amide bonds. The van der Waals surface area contributed by atoms with Gasteiger partial charge in [-0.2, -0.15) is 0 Å². The van der Waals surface area contributed by atoms with Crippen LogP contribution >= 0.6 is 0 Å². The first-order valence-electron chi connectivity index (χ1n) is 11.2. The molecule has 10 atom stereocenters. The SMILES string of the molecule is CC=Cc1cc(OC)c(OC2OC(COC3OC(C)C(O)C(O)C3O)C(O)C(O)C2O)c(OC)c1. The lowest BCUT2D eigenvalue weighted by Crippen LogP contribution is -2.61. The van der Waals surface area contributed by atoms with Crippen molar-refractivity contribution in [3.05, 3.63) is 23.8 Å². The van der Waals surface area contributed by atoms with Gasteiger partial charge in [-0.05, 0) is 31.5 Å². The van der Waals surface area contributed by atoms with Gasteiger partial charge in [0.15, 0.2) is 17.8 Å². The van der Waals surface area contributed by atoms with Crippen molar-refractivity contribution in [2.45, 2.75) is 75.3 Å². The maximum atomic E-state index is 10.5. The van der Waals surface area contributed by atoms with Crippen LogP contribution in [0.15, 0.2) is 18.2 Å². The Morgan fingerprint density at radius 1 is 0.800 bits per heavy atom. The molecule has 2 fully saturated rings. The molecule has 3 rings (SSSR count).